The van der Waals surface area contributed by atoms with Crippen LogP contribution in [0.3, 0.4) is 0 Å². The molecule has 0 aromatic rings. The molecule has 0 spiro atoms. The number of quaternary nitrogens is 1. The molecule has 1 saturated heterocycles. The lowest BCUT2D eigenvalue weighted by Crippen LogP contribution is -2.88. The van der Waals surface area contributed by atoms with Crippen molar-refractivity contribution in [1.82, 2.24) is 0 Å². The summed E-state index contributed by atoms with van der Waals surface area (Å²) in [5, 5.41) is 2.25. The summed E-state index contributed by atoms with van der Waals surface area (Å²) >= 11 is 9.42. The molecular weight excluding hydrogens is 382 g/mol. The fourth-order valence-electron chi connectivity index (χ4n) is 1.48. The second-order valence-corrected chi connectivity index (χ2v) is 10.3. The second kappa shape index (κ2) is 5.27. The smallest absolute Gasteiger partial charge is 0.345 e. The largest absolute Gasteiger partial charge is 0.459 e. The Hall–Kier alpha value is 0.870. The topological polar surface area (TPSA) is 42.9 Å². The van der Waals surface area contributed by atoms with Gasteiger partial charge in [-0.3, -0.25) is 0 Å². The van der Waals surface area contributed by atoms with E-state index in [0.29, 0.717) is 5.92 Å². The van der Waals surface area contributed by atoms with Gasteiger partial charge in [-0.25, -0.2) is 4.79 Å². The predicted octanol–water partition coefficient (Wildman–Crippen LogP) is 1.34. The lowest BCUT2D eigenvalue weighted by molar-refractivity contribution is -0.671. The Morgan fingerprint density at radius 1 is 1.50 bits per heavy atom. The monoisotopic (exact) mass is 392 g/mol. The zero-order valence-corrected chi connectivity index (χ0v) is 12.6. The van der Waals surface area contributed by atoms with Crippen LogP contribution in [0.4, 0.5) is 0 Å². The van der Waals surface area contributed by atoms with Gasteiger partial charge < -0.3 is 10.1 Å². The van der Waals surface area contributed by atoms with Gasteiger partial charge >= 0.3 is 5.97 Å². The van der Waals surface area contributed by atoms with Crippen LogP contribution in [0.15, 0.2) is 0 Å². The summed E-state index contributed by atoms with van der Waals surface area (Å²) in [5.41, 5.74) is 0. The summed E-state index contributed by atoms with van der Waals surface area (Å²) in [4.78, 5) is 11.5. The van der Waals surface area contributed by atoms with Crippen molar-refractivity contribution in [2.45, 2.75) is 21.6 Å². The third-order valence-corrected chi connectivity index (χ3v) is 3.29. The van der Waals surface area contributed by atoms with E-state index >= 15 is 0 Å². The van der Waals surface area contributed by atoms with Crippen molar-refractivity contribution in [2.75, 3.05) is 13.1 Å². The zero-order chi connectivity index (χ0) is 10.8. The van der Waals surface area contributed by atoms with Crippen molar-refractivity contribution in [1.29, 1.82) is 0 Å². The van der Waals surface area contributed by atoms with Gasteiger partial charge in [0.15, 0.2) is 0 Å². The van der Waals surface area contributed by atoms with Gasteiger partial charge in [-0.2, -0.15) is 0 Å². The van der Waals surface area contributed by atoms with E-state index in [-0.39, 0.29) is 12.1 Å². The zero-order valence-electron chi connectivity index (χ0n) is 7.80. The summed E-state index contributed by atoms with van der Waals surface area (Å²) in [6, 6.07) is 0. The Morgan fingerprint density at radius 3 is 2.64 bits per heavy atom. The minimum Gasteiger partial charge on any atom is -0.459 e. The number of rotatable bonds is 1. The highest BCUT2D eigenvalue weighted by Gasteiger charge is 2.35. The summed E-state index contributed by atoms with van der Waals surface area (Å²) in [6.07, 6.45) is 0.968. The van der Waals surface area contributed by atoms with Gasteiger partial charge in [0.05, 0.1) is 13.1 Å². The normalized spacial score (nSPS) is 28.6. The molecule has 2 atom stereocenters. The Kier molecular flexibility index (Phi) is 4.87. The molecule has 1 heterocycles. The number of nitrogens with two attached hydrogens (primary N) is 1. The van der Waals surface area contributed by atoms with Crippen LogP contribution in [0.2, 0.25) is 0 Å². The lowest BCUT2D eigenvalue weighted by Gasteiger charge is -2.28. The first-order valence-corrected chi connectivity index (χ1v) is 6.88. The number of hydrogen-bond acceptors (Lipinski definition) is 2. The molecule has 0 aromatic heterocycles. The van der Waals surface area contributed by atoms with Crippen LogP contribution in [0.5, 0.6) is 0 Å². The molecule has 2 N–H and O–H groups in total. The molecule has 0 bridgehead atoms. The number of hydrogen-bond donors (Lipinski definition) is 1. The first-order chi connectivity index (χ1) is 6.41. The minimum absolute atomic E-state index is 0.0412. The molecule has 0 amide bonds. The number of carbonyl (C=O) groups is 1. The Balaban J connectivity index is 2.46. The summed E-state index contributed by atoms with van der Waals surface area (Å²) < 4.78 is 4.43. The van der Waals surface area contributed by atoms with Crippen molar-refractivity contribution in [3.63, 3.8) is 0 Å². The van der Waals surface area contributed by atoms with Gasteiger partial charge in [0.2, 0.25) is 2.14 Å². The molecule has 0 radical (unpaired) electrons. The van der Waals surface area contributed by atoms with Crippen LogP contribution in [0.25, 0.3) is 0 Å². The van der Waals surface area contributed by atoms with Crippen LogP contribution < -0.4 is 5.32 Å². The van der Waals surface area contributed by atoms with E-state index in [1.54, 1.807) is 0 Å². The first-order valence-electron chi connectivity index (χ1n) is 4.50. The molecule has 82 valence electrons. The number of ether oxygens (including phenoxy) is 1. The number of piperidine rings is 1. The lowest BCUT2D eigenvalue weighted by atomic mass is 9.98. The molecule has 6 heteroatoms. The molecule has 1 aliphatic rings. The highest BCUT2D eigenvalue weighted by Crippen LogP contribution is 2.35. The van der Waals surface area contributed by atoms with Crippen molar-refractivity contribution in [3.8, 4) is 0 Å². The molecule has 3 nitrogen and oxygen atoms in total. The molecule has 2 unspecified atom stereocenters. The molecular formula is C8H13Br3NO2+. The van der Waals surface area contributed by atoms with E-state index in [4.69, 9.17) is 4.74 Å². The molecule has 0 saturated carbocycles. The number of carbonyl (C=O) groups excluding carboxylic acids is 1. The number of alkyl halides is 3. The van der Waals surface area contributed by atoms with Crippen molar-refractivity contribution in [2.24, 2.45) is 5.92 Å². The molecule has 0 aliphatic carbocycles. The van der Waals surface area contributed by atoms with Crippen molar-refractivity contribution in [3.05, 3.63) is 0 Å². The highest BCUT2D eigenvalue weighted by atomic mass is 80.0. The first kappa shape index (κ1) is 12.9. The van der Waals surface area contributed by atoms with E-state index in [1.807, 2.05) is 0 Å². The maximum absolute atomic E-state index is 11.5. The van der Waals surface area contributed by atoms with Gasteiger partial charge in [0.1, 0.15) is 6.10 Å². The molecule has 1 aliphatic heterocycles. The second-order valence-electron chi connectivity index (χ2n) is 3.52. The van der Waals surface area contributed by atoms with Crippen molar-refractivity contribution < 1.29 is 14.8 Å². The maximum Gasteiger partial charge on any atom is 0.345 e. The predicted molar refractivity (Wildman–Crippen MR) is 64.8 cm³/mol. The highest BCUT2D eigenvalue weighted by molar-refractivity contribution is 9.40. The average Bonchev–Trinajstić information content (AvgIpc) is 2.07. The van der Waals surface area contributed by atoms with Gasteiger partial charge in [-0.05, 0) is 47.8 Å². The van der Waals surface area contributed by atoms with Gasteiger partial charge in [0.25, 0.3) is 0 Å². The van der Waals surface area contributed by atoms with Crippen molar-refractivity contribution >= 4 is 53.8 Å². The van der Waals surface area contributed by atoms with E-state index in [9.17, 15) is 4.79 Å². The summed E-state index contributed by atoms with van der Waals surface area (Å²) in [5.74, 6) is 0.0961. The minimum atomic E-state index is -0.937. The Morgan fingerprint density at radius 2 is 2.14 bits per heavy atom. The molecule has 14 heavy (non-hydrogen) atoms. The standard InChI is InChI=1S/C8H12Br3NO2/c1-5-4-12-3-2-6(5)14-7(13)8(9,10)11/h5-6,12H,2-4H2,1H3/p+1. The maximum atomic E-state index is 11.5. The van der Waals surface area contributed by atoms with Gasteiger partial charge in [-0.1, -0.05) is 6.92 Å². The Bertz CT molecular complexity index is 217. The number of esters is 1. The fraction of sp³-hybridized carbons (Fsp3) is 0.875. The summed E-state index contributed by atoms with van der Waals surface area (Å²) in [6.45, 7) is 4.16. The molecule has 1 rings (SSSR count). The van der Waals surface area contributed by atoms with Crippen LogP contribution in [0.1, 0.15) is 13.3 Å². The van der Waals surface area contributed by atoms with Crippen LogP contribution in [-0.2, 0) is 9.53 Å². The SMILES string of the molecule is CC1C[NH2+]CCC1OC(=O)C(Br)(Br)Br. The molecule has 1 fully saturated rings. The summed E-state index contributed by atoms with van der Waals surface area (Å²) in [7, 11) is 0. The van der Waals surface area contributed by atoms with E-state index in [1.165, 1.54) is 0 Å². The van der Waals surface area contributed by atoms with E-state index in [0.717, 1.165) is 19.5 Å². The van der Waals surface area contributed by atoms with Crippen LogP contribution in [-0.4, -0.2) is 27.3 Å². The quantitative estimate of drug-likeness (QED) is 0.538. The van der Waals surface area contributed by atoms with E-state index < -0.39 is 2.14 Å². The van der Waals surface area contributed by atoms with E-state index in [2.05, 4.69) is 60.0 Å². The third kappa shape index (κ3) is 3.79. The number of halogens is 3. The molecule has 0 aromatic carbocycles. The average molecular weight is 395 g/mol. The van der Waals surface area contributed by atoms with Gasteiger partial charge in [0, 0.05) is 12.3 Å². The third-order valence-electron chi connectivity index (χ3n) is 2.32. The van der Waals surface area contributed by atoms with Gasteiger partial charge in [-0.15, -0.1) is 0 Å². The fourth-order valence-corrected chi connectivity index (χ4v) is 1.76. The van der Waals surface area contributed by atoms with Crippen LogP contribution >= 0.6 is 47.8 Å². The Labute approximate surface area is 109 Å². The van der Waals surface area contributed by atoms with Crippen LogP contribution in [0, 0.1) is 5.92 Å².